The minimum atomic E-state index is -1.83. The zero-order valence-corrected chi connectivity index (χ0v) is 18.2. The third kappa shape index (κ3) is 9.52. The summed E-state index contributed by atoms with van der Waals surface area (Å²) >= 11 is 0. The standard InChI is InChI=1S/C20H27N5O9/c1-9(21)17(30)23-12(6-10-2-4-11(26)5-3-10)18(31)24-13(7-15(22)27)19(32)25-14(20(33)34)8-16(28)29/h2-5,9,12-14,26H,6-8,21H2,1H3,(H2,22,27)(H,23,30)(H,24,31)(H,25,32)(H,28,29)(H,33,34). The Morgan fingerprint density at radius 1 is 0.824 bits per heavy atom. The maximum Gasteiger partial charge on any atom is 0.326 e. The van der Waals surface area contributed by atoms with Gasteiger partial charge in [0.15, 0.2) is 0 Å². The van der Waals surface area contributed by atoms with Crippen LogP contribution in [0.1, 0.15) is 25.3 Å². The van der Waals surface area contributed by atoms with Crippen LogP contribution in [0.2, 0.25) is 0 Å². The number of carboxylic acids is 2. The number of carbonyl (C=O) groups is 6. The molecule has 1 aromatic carbocycles. The fraction of sp³-hybridized carbons (Fsp3) is 0.400. The van der Waals surface area contributed by atoms with Crippen LogP contribution in [0.5, 0.6) is 5.75 Å². The monoisotopic (exact) mass is 481 g/mol. The predicted octanol–water partition coefficient (Wildman–Crippen LogP) is -2.83. The van der Waals surface area contributed by atoms with Crippen LogP contribution in [0.4, 0.5) is 0 Å². The number of nitrogens with one attached hydrogen (secondary N) is 3. The Balaban J connectivity index is 3.10. The summed E-state index contributed by atoms with van der Waals surface area (Å²) in [6, 6.07) is -0.0500. The van der Waals surface area contributed by atoms with Gasteiger partial charge in [-0.1, -0.05) is 12.1 Å². The molecule has 0 fully saturated rings. The van der Waals surface area contributed by atoms with E-state index in [9.17, 15) is 33.9 Å². The van der Waals surface area contributed by atoms with Crippen molar-refractivity contribution in [3.63, 3.8) is 0 Å². The molecule has 186 valence electrons. The normalized spacial score (nSPS) is 14.1. The minimum absolute atomic E-state index is 0.0306. The van der Waals surface area contributed by atoms with Gasteiger partial charge in [-0.2, -0.15) is 0 Å². The summed E-state index contributed by atoms with van der Waals surface area (Å²) in [5.74, 6) is -6.97. The second-order valence-electron chi connectivity index (χ2n) is 7.45. The van der Waals surface area contributed by atoms with E-state index in [4.69, 9.17) is 21.7 Å². The van der Waals surface area contributed by atoms with E-state index in [1.165, 1.54) is 31.2 Å². The van der Waals surface area contributed by atoms with Crippen molar-refractivity contribution in [3.05, 3.63) is 29.8 Å². The molecule has 0 radical (unpaired) electrons. The van der Waals surface area contributed by atoms with Crippen LogP contribution in [0.25, 0.3) is 0 Å². The van der Waals surface area contributed by atoms with E-state index in [0.29, 0.717) is 5.56 Å². The molecule has 34 heavy (non-hydrogen) atoms. The molecule has 4 amide bonds. The molecular weight excluding hydrogens is 454 g/mol. The molecule has 14 heteroatoms. The molecule has 4 atom stereocenters. The third-order valence-electron chi connectivity index (χ3n) is 4.45. The van der Waals surface area contributed by atoms with Crippen LogP contribution in [0.15, 0.2) is 24.3 Å². The molecule has 14 nitrogen and oxygen atoms in total. The number of amides is 4. The van der Waals surface area contributed by atoms with Gasteiger partial charge in [0.2, 0.25) is 23.6 Å². The van der Waals surface area contributed by atoms with Crippen LogP contribution in [0.3, 0.4) is 0 Å². The average molecular weight is 481 g/mol. The van der Waals surface area contributed by atoms with E-state index in [1.54, 1.807) is 0 Å². The summed E-state index contributed by atoms with van der Waals surface area (Å²) in [6.07, 6.45) is -1.78. The predicted molar refractivity (Wildman–Crippen MR) is 115 cm³/mol. The number of phenolic OH excluding ortho intramolecular Hbond substituents is 1. The Hall–Kier alpha value is -4.20. The van der Waals surface area contributed by atoms with E-state index < -0.39 is 72.6 Å². The van der Waals surface area contributed by atoms with Crippen molar-refractivity contribution in [3.8, 4) is 5.75 Å². The number of aromatic hydroxyl groups is 1. The van der Waals surface area contributed by atoms with Crippen molar-refractivity contribution in [2.24, 2.45) is 11.5 Å². The summed E-state index contributed by atoms with van der Waals surface area (Å²) in [7, 11) is 0. The van der Waals surface area contributed by atoms with E-state index in [1.807, 2.05) is 5.32 Å². The quantitative estimate of drug-likeness (QED) is 0.143. The highest BCUT2D eigenvalue weighted by Gasteiger charge is 2.31. The Labute approximate surface area is 193 Å². The van der Waals surface area contributed by atoms with Crippen molar-refractivity contribution in [2.75, 3.05) is 0 Å². The molecule has 0 heterocycles. The number of carbonyl (C=O) groups excluding carboxylic acids is 4. The number of benzene rings is 1. The lowest BCUT2D eigenvalue weighted by molar-refractivity contribution is -0.147. The van der Waals surface area contributed by atoms with Gasteiger partial charge in [0.25, 0.3) is 0 Å². The number of carboxylic acid groups (broad SMARTS) is 2. The van der Waals surface area contributed by atoms with Crippen LogP contribution < -0.4 is 27.4 Å². The Kier molecular flexibility index (Phi) is 10.4. The molecule has 0 spiro atoms. The smallest absolute Gasteiger partial charge is 0.326 e. The number of rotatable bonds is 13. The SMILES string of the molecule is CC(N)C(=O)NC(Cc1ccc(O)cc1)C(=O)NC(CC(N)=O)C(=O)NC(CC(=O)O)C(=O)O. The molecular formula is C20H27N5O9. The molecule has 0 aromatic heterocycles. The number of hydrogen-bond donors (Lipinski definition) is 8. The lowest BCUT2D eigenvalue weighted by Gasteiger charge is -2.24. The first-order valence-corrected chi connectivity index (χ1v) is 9.97. The summed E-state index contributed by atoms with van der Waals surface area (Å²) in [5, 5.41) is 33.9. The van der Waals surface area contributed by atoms with Crippen LogP contribution >= 0.6 is 0 Å². The van der Waals surface area contributed by atoms with Gasteiger partial charge in [0.05, 0.1) is 18.9 Å². The fourth-order valence-corrected chi connectivity index (χ4v) is 2.71. The van der Waals surface area contributed by atoms with Gasteiger partial charge in [-0.05, 0) is 24.6 Å². The van der Waals surface area contributed by atoms with Gasteiger partial charge in [-0.15, -0.1) is 0 Å². The van der Waals surface area contributed by atoms with E-state index in [2.05, 4.69) is 10.6 Å². The highest BCUT2D eigenvalue weighted by Crippen LogP contribution is 2.12. The van der Waals surface area contributed by atoms with Crippen LogP contribution in [0, 0.1) is 0 Å². The number of primary amides is 1. The molecule has 0 aliphatic rings. The van der Waals surface area contributed by atoms with Gasteiger partial charge in [0.1, 0.15) is 23.9 Å². The zero-order chi connectivity index (χ0) is 26.0. The zero-order valence-electron chi connectivity index (χ0n) is 18.2. The first-order valence-electron chi connectivity index (χ1n) is 9.97. The molecule has 0 bridgehead atoms. The van der Waals surface area contributed by atoms with Gasteiger partial charge < -0.3 is 42.7 Å². The Bertz CT molecular complexity index is 933. The number of phenols is 1. The Morgan fingerprint density at radius 2 is 1.32 bits per heavy atom. The molecule has 0 aliphatic carbocycles. The van der Waals surface area contributed by atoms with Gasteiger partial charge in [0, 0.05) is 6.42 Å². The van der Waals surface area contributed by atoms with Gasteiger partial charge in [-0.3, -0.25) is 24.0 Å². The number of hydrogen-bond acceptors (Lipinski definition) is 8. The molecule has 0 saturated carbocycles. The summed E-state index contributed by atoms with van der Waals surface area (Å²) in [4.78, 5) is 71.0. The third-order valence-corrected chi connectivity index (χ3v) is 4.45. The van der Waals surface area contributed by atoms with Crippen molar-refractivity contribution < 1.29 is 44.1 Å². The van der Waals surface area contributed by atoms with E-state index in [0.717, 1.165) is 0 Å². The lowest BCUT2D eigenvalue weighted by atomic mass is 10.0. The van der Waals surface area contributed by atoms with Crippen LogP contribution in [-0.4, -0.2) is 75.1 Å². The first kappa shape index (κ1) is 27.8. The molecule has 4 unspecified atom stereocenters. The lowest BCUT2D eigenvalue weighted by Crippen LogP contribution is -2.58. The second-order valence-corrected chi connectivity index (χ2v) is 7.45. The first-order chi connectivity index (χ1) is 15.8. The van der Waals surface area contributed by atoms with Crippen molar-refractivity contribution >= 4 is 35.6 Å². The highest BCUT2D eigenvalue weighted by molar-refractivity contribution is 5.96. The van der Waals surface area contributed by atoms with Crippen LogP contribution in [-0.2, 0) is 35.2 Å². The number of nitrogens with two attached hydrogens (primary N) is 2. The fourth-order valence-electron chi connectivity index (χ4n) is 2.71. The molecule has 0 aliphatic heterocycles. The molecule has 1 rings (SSSR count). The second kappa shape index (κ2) is 12.7. The average Bonchev–Trinajstić information content (AvgIpc) is 2.72. The van der Waals surface area contributed by atoms with Crippen molar-refractivity contribution in [1.82, 2.24) is 16.0 Å². The summed E-state index contributed by atoms with van der Waals surface area (Å²) in [5.41, 5.74) is 11.2. The largest absolute Gasteiger partial charge is 0.508 e. The van der Waals surface area contributed by atoms with E-state index >= 15 is 0 Å². The maximum atomic E-state index is 12.9. The molecule has 0 saturated heterocycles. The highest BCUT2D eigenvalue weighted by atomic mass is 16.4. The minimum Gasteiger partial charge on any atom is -0.508 e. The van der Waals surface area contributed by atoms with E-state index in [-0.39, 0.29) is 12.2 Å². The number of aliphatic carboxylic acids is 2. The maximum absolute atomic E-state index is 12.9. The van der Waals surface area contributed by atoms with Gasteiger partial charge >= 0.3 is 11.9 Å². The summed E-state index contributed by atoms with van der Waals surface area (Å²) < 4.78 is 0. The Morgan fingerprint density at radius 3 is 1.79 bits per heavy atom. The van der Waals surface area contributed by atoms with Crippen molar-refractivity contribution in [2.45, 2.75) is 50.4 Å². The molecule has 10 N–H and O–H groups in total. The van der Waals surface area contributed by atoms with Gasteiger partial charge in [-0.25, -0.2) is 4.79 Å². The van der Waals surface area contributed by atoms with Crippen molar-refractivity contribution in [1.29, 1.82) is 0 Å². The molecule has 1 aromatic rings. The summed E-state index contributed by atoms with van der Waals surface area (Å²) in [6.45, 7) is 1.38. The topological polar surface area (TPSA) is 251 Å².